The van der Waals surface area contributed by atoms with E-state index >= 15 is 0 Å². The van der Waals surface area contributed by atoms with Crippen LogP contribution in [0.4, 0.5) is 0 Å². The molecule has 0 fully saturated rings. The van der Waals surface area contributed by atoms with Crippen LogP contribution in [0.5, 0.6) is 0 Å². The van der Waals surface area contributed by atoms with E-state index < -0.39 is 0 Å². The van der Waals surface area contributed by atoms with Crippen LogP contribution in [-0.4, -0.2) is 9.97 Å². The highest BCUT2D eigenvalue weighted by atomic mass is 14.9. The molecule has 1 aliphatic rings. The van der Waals surface area contributed by atoms with Gasteiger partial charge in [0, 0.05) is 16.7 Å². The van der Waals surface area contributed by atoms with Gasteiger partial charge in [-0.25, -0.2) is 9.97 Å². The Morgan fingerprint density at radius 3 is 2.19 bits per heavy atom. The zero-order valence-electron chi connectivity index (χ0n) is 14.8. The van der Waals surface area contributed by atoms with Gasteiger partial charge in [0.15, 0.2) is 5.82 Å². The van der Waals surface area contributed by atoms with Crippen molar-refractivity contribution in [2.45, 2.75) is 13.3 Å². The molecule has 2 aromatic carbocycles. The summed E-state index contributed by atoms with van der Waals surface area (Å²) in [7, 11) is 0. The Balaban J connectivity index is 1.87. The van der Waals surface area contributed by atoms with Crippen molar-refractivity contribution in [1.29, 1.82) is 0 Å². The molecule has 26 heavy (non-hydrogen) atoms. The van der Waals surface area contributed by atoms with Crippen LogP contribution in [0.2, 0.25) is 0 Å². The number of rotatable bonds is 3. The smallest absolute Gasteiger partial charge is 0.160 e. The van der Waals surface area contributed by atoms with Gasteiger partial charge in [-0.05, 0) is 19.4 Å². The molecule has 0 bridgehead atoms. The first-order valence-corrected chi connectivity index (χ1v) is 8.85. The van der Waals surface area contributed by atoms with Gasteiger partial charge >= 0.3 is 0 Å². The molecule has 1 aliphatic carbocycles. The van der Waals surface area contributed by atoms with Crippen molar-refractivity contribution < 1.29 is 0 Å². The second-order valence-electron chi connectivity index (χ2n) is 6.38. The molecule has 0 radical (unpaired) electrons. The van der Waals surface area contributed by atoms with Gasteiger partial charge in [-0.1, -0.05) is 90.5 Å². The summed E-state index contributed by atoms with van der Waals surface area (Å²) in [5.41, 5.74) is 6.39. The zero-order chi connectivity index (χ0) is 17.8. The van der Waals surface area contributed by atoms with Crippen LogP contribution in [0.25, 0.3) is 28.1 Å². The van der Waals surface area contributed by atoms with Crippen LogP contribution in [0.3, 0.4) is 0 Å². The molecular weight excluding hydrogens is 316 g/mol. The number of hydrogen-bond acceptors (Lipinski definition) is 2. The Morgan fingerprint density at radius 2 is 1.46 bits per heavy atom. The molecule has 0 aliphatic heterocycles. The van der Waals surface area contributed by atoms with E-state index in [0.717, 1.165) is 40.3 Å². The van der Waals surface area contributed by atoms with E-state index in [1.807, 2.05) is 24.3 Å². The molecule has 1 heterocycles. The quantitative estimate of drug-likeness (QED) is 0.584. The average molecular weight is 336 g/mol. The highest BCUT2D eigenvalue weighted by molar-refractivity contribution is 5.75. The first kappa shape index (κ1) is 16.2. The highest BCUT2D eigenvalue weighted by Gasteiger charge is 2.11. The largest absolute Gasteiger partial charge is 0.228 e. The molecule has 4 rings (SSSR count). The molecule has 2 nitrogen and oxygen atoms in total. The number of nitrogens with zero attached hydrogens (tertiary/aromatic N) is 2. The third kappa shape index (κ3) is 3.55. The standard InChI is InChI=1S/C24H20N2/c1-18-13-15-20(16-14-18)23-17-22(19-9-7-4-8-10-19)25-24(26-23)21-11-5-2-3-6-12-21/h2-5,7-17H,6H2,1H3. The minimum Gasteiger partial charge on any atom is -0.228 e. The number of allylic oxidation sites excluding steroid dienone is 6. The van der Waals surface area contributed by atoms with E-state index in [1.54, 1.807) is 0 Å². The summed E-state index contributed by atoms with van der Waals surface area (Å²) in [5.74, 6) is 0.766. The molecule has 0 spiro atoms. The predicted octanol–water partition coefficient (Wildman–Crippen LogP) is 6.02. The SMILES string of the molecule is Cc1ccc(-c2cc(-c3ccccc3)nc(C3=CCC=CC=C3)n2)cc1. The third-order valence-electron chi connectivity index (χ3n) is 4.40. The Labute approximate surface area is 154 Å². The molecule has 0 saturated carbocycles. The molecule has 2 heteroatoms. The molecule has 0 unspecified atom stereocenters. The molecule has 0 saturated heterocycles. The molecule has 126 valence electrons. The van der Waals surface area contributed by atoms with Crippen molar-refractivity contribution in [1.82, 2.24) is 9.97 Å². The fourth-order valence-electron chi connectivity index (χ4n) is 2.95. The van der Waals surface area contributed by atoms with E-state index in [-0.39, 0.29) is 0 Å². The molecule has 3 aromatic rings. The first-order chi connectivity index (χ1) is 12.8. The summed E-state index contributed by atoms with van der Waals surface area (Å²) >= 11 is 0. The van der Waals surface area contributed by atoms with Gasteiger partial charge in [0.2, 0.25) is 0 Å². The highest BCUT2D eigenvalue weighted by Crippen LogP contribution is 2.27. The fourth-order valence-corrected chi connectivity index (χ4v) is 2.95. The summed E-state index contributed by atoms with van der Waals surface area (Å²) < 4.78 is 0. The van der Waals surface area contributed by atoms with Crippen LogP contribution < -0.4 is 0 Å². The number of benzene rings is 2. The van der Waals surface area contributed by atoms with E-state index in [2.05, 4.69) is 73.7 Å². The van der Waals surface area contributed by atoms with Crippen LogP contribution in [0, 0.1) is 6.92 Å². The monoisotopic (exact) mass is 336 g/mol. The maximum absolute atomic E-state index is 4.87. The van der Waals surface area contributed by atoms with Gasteiger partial charge < -0.3 is 0 Å². The molecule has 0 N–H and O–H groups in total. The van der Waals surface area contributed by atoms with Gasteiger partial charge in [-0.3, -0.25) is 0 Å². The Hall–Kier alpha value is -3.26. The number of aromatic nitrogens is 2. The molecule has 1 aromatic heterocycles. The van der Waals surface area contributed by atoms with Crippen LogP contribution in [0.1, 0.15) is 17.8 Å². The summed E-state index contributed by atoms with van der Waals surface area (Å²) in [6, 6.07) is 20.8. The van der Waals surface area contributed by atoms with Crippen molar-refractivity contribution in [3.8, 4) is 22.5 Å². The molecule has 0 atom stereocenters. The van der Waals surface area contributed by atoms with Gasteiger partial charge in [-0.15, -0.1) is 0 Å². The van der Waals surface area contributed by atoms with E-state index in [4.69, 9.17) is 9.97 Å². The van der Waals surface area contributed by atoms with Gasteiger partial charge in [-0.2, -0.15) is 0 Å². The minimum absolute atomic E-state index is 0.766. The second-order valence-corrected chi connectivity index (χ2v) is 6.38. The minimum atomic E-state index is 0.766. The summed E-state index contributed by atoms with van der Waals surface area (Å²) in [6.07, 6.45) is 11.4. The van der Waals surface area contributed by atoms with Crippen molar-refractivity contribution in [2.75, 3.05) is 0 Å². The van der Waals surface area contributed by atoms with Crippen LogP contribution in [-0.2, 0) is 0 Å². The lowest BCUT2D eigenvalue weighted by molar-refractivity contribution is 1.13. The van der Waals surface area contributed by atoms with Crippen molar-refractivity contribution >= 4 is 5.57 Å². The number of hydrogen-bond donors (Lipinski definition) is 0. The Kier molecular flexibility index (Phi) is 4.57. The van der Waals surface area contributed by atoms with Crippen molar-refractivity contribution in [3.05, 3.63) is 102 Å². The van der Waals surface area contributed by atoms with E-state index in [0.29, 0.717) is 0 Å². The number of aryl methyl sites for hydroxylation is 1. The van der Waals surface area contributed by atoms with E-state index in [1.165, 1.54) is 5.56 Å². The fraction of sp³-hybridized carbons (Fsp3) is 0.0833. The van der Waals surface area contributed by atoms with Crippen LogP contribution in [0.15, 0.2) is 91.0 Å². The van der Waals surface area contributed by atoms with Gasteiger partial charge in [0.1, 0.15) is 0 Å². The lowest BCUT2D eigenvalue weighted by Crippen LogP contribution is -1.98. The summed E-state index contributed by atoms with van der Waals surface area (Å²) in [5, 5.41) is 0. The van der Waals surface area contributed by atoms with Gasteiger partial charge in [0.25, 0.3) is 0 Å². The zero-order valence-corrected chi connectivity index (χ0v) is 14.8. The third-order valence-corrected chi connectivity index (χ3v) is 4.40. The topological polar surface area (TPSA) is 25.8 Å². The average Bonchev–Trinajstić information content (AvgIpc) is 2.98. The predicted molar refractivity (Wildman–Crippen MR) is 109 cm³/mol. The second kappa shape index (κ2) is 7.32. The maximum atomic E-state index is 4.87. The summed E-state index contributed by atoms with van der Waals surface area (Å²) in [4.78, 5) is 9.72. The maximum Gasteiger partial charge on any atom is 0.160 e. The van der Waals surface area contributed by atoms with Gasteiger partial charge in [0.05, 0.1) is 11.4 Å². The van der Waals surface area contributed by atoms with E-state index in [9.17, 15) is 0 Å². The van der Waals surface area contributed by atoms with Crippen molar-refractivity contribution in [3.63, 3.8) is 0 Å². The Morgan fingerprint density at radius 1 is 0.769 bits per heavy atom. The van der Waals surface area contributed by atoms with Crippen molar-refractivity contribution in [2.24, 2.45) is 0 Å². The Bertz CT molecular complexity index is 994. The lowest BCUT2D eigenvalue weighted by atomic mass is 10.1. The normalized spacial score (nSPS) is 13.3. The first-order valence-electron chi connectivity index (χ1n) is 8.85. The van der Waals surface area contributed by atoms with Crippen LogP contribution >= 0.6 is 0 Å². The molecule has 0 amide bonds. The molecular formula is C24H20N2. The summed E-state index contributed by atoms with van der Waals surface area (Å²) in [6.45, 7) is 2.10. The lowest BCUT2D eigenvalue weighted by Gasteiger charge is -2.10.